The summed E-state index contributed by atoms with van der Waals surface area (Å²) in [4.78, 5) is 156. The highest BCUT2D eigenvalue weighted by Gasteiger charge is 2.59. The lowest BCUT2D eigenvalue weighted by atomic mass is 9.78. The van der Waals surface area contributed by atoms with Crippen molar-refractivity contribution >= 4 is 75.8 Å². The zero-order valence-electron chi connectivity index (χ0n) is 91.2. The first-order valence-corrected chi connectivity index (χ1v) is 54.6. The smallest absolute Gasteiger partial charge is 0.329 e. The van der Waals surface area contributed by atoms with Crippen LogP contribution < -0.4 is 10.6 Å². The first-order chi connectivity index (χ1) is 68.0. The van der Waals surface area contributed by atoms with E-state index in [9.17, 15) is 83.4 Å². The molecule has 144 heavy (non-hydrogen) atoms. The van der Waals surface area contributed by atoms with E-state index in [2.05, 4.69) is 37.1 Å². The van der Waals surface area contributed by atoms with Gasteiger partial charge in [0.25, 0.3) is 23.4 Å². The van der Waals surface area contributed by atoms with Gasteiger partial charge in [0.2, 0.25) is 11.6 Å². The van der Waals surface area contributed by atoms with Crippen molar-refractivity contribution < 1.29 is 121 Å². The molecular formula is C113H184ClN5O25. The molecule has 0 radical (unpaired) electrons. The fraction of sp³-hybridized carbons (Fsp3) is 0.796. The lowest BCUT2D eigenvalue weighted by Crippen LogP contribution is -2.64. The Hall–Kier alpha value is -6.30. The molecule has 7 heterocycles. The molecule has 2 amide bonds. The van der Waals surface area contributed by atoms with Crippen LogP contribution in [0, 0.1) is 82.9 Å². The Morgan fingerprint density at radius 1 is 0.549 bits per heavy atom. The number of cyclic esters (lactones) is 2. The van der Waals surface area contributed by atoms with Gasteiger partial charge in [-0.05, 0) is 274 Å². The van der Waals surface area contributed by atoms with Gasteiger partial charge < -0.3 is 89.0 Å². The Labute approximate surface area is 865 Å². The van der Waals surface area contributed by atoms with Crippen LogP contribution in [0.15, 0.2) is 71.4 Å². The Balaban J connectivity index is 0.000000304. The van der Waals surface area contributed by atoms with Crippen LogP contribution in [0.2, 0.25) is 0 Å². The van der Waals surface area contributed by atoms with E-state index in [1.165, 1.54) is 24.0 Å². The number of hydrogen-bond acceptors (Lipinski definition) is 28. The van der Waals surface area contributed by atoms with Crippen LogP contribution in [0.25, 0.3) is 0 Å². The fourth-order valence-electron chi connectivity index (χ4n) is 23.2. The third-order valence-corrected chi connectivity index (χ3v) is 33.2. The number of alkyl halides is 1. The molecule has 4 bridgehead atoms. The summed E-state index contributed by atoms with van der Waals surface area (Å²) in [5, 5.41) is 75.2. The number of likely N-dealkylation sites (N-methyl/N-ethyl adjacent to an activating group) is 1. The van der Waals surface area contributed by atoms with Crippen LogP contribution in [0.1, 0.15) is 304 Å². The molecule has 31 heteroatoms. The lowest BCUT2D eigenvalue weighted by Gasteiger charge is -2.47. The molecule has 2 aliphatic carbocycles. The van der Waals surface area contributed by atoms with Gasteiger partial charge in [-0.2, -0.15) is 0 Å². The average Bonchev–Trinajstić information content (AvgIpc) is 0.823. The molecule has 30 nitrogen and oxygen atoms in total. The molecule has 7 aliphatic heterocycles. The fourth-order valence-corrected chi connectivity index (χ4v) is 23.5. The van der Waals surface area contributed by atoms with Crippen LogP contribution in [0.4, 0.5) is 0 Å². The number of halogens is 1. The van der Waals surface area contributed by atoms with Gasteiger partial charge in [0.15, 0.2) is 11.6 Å². The quantitative estimate of drug-likeness (QED) is 0.0308. The van der Waals surface area contributed by atoms with Gasteiger partial charge in [-0.25, -0.2) is 9.59 Å². The third-order valence-electron chi connectivity index (χ3n) is 32.5. The minimum absolute atomic E-state index is 0.0180. The third kappa shape index (κ3) is 34.4. The number of aliphatic hydroxyl groups excluding tert-OH is 4. The molecular weight excluding hydrogens is 1860 g/mol. The van der Waals surface area contributed by atoms with Gasteiger partial charge in [-0.15, -0.1) is 18.2 Å². The Morgan fingerprint density at radius 3 is 1.44 bits per heavy atom. The van der Waals surface area contributed by atoms with Crippen LogP contribution >= 0.6 is 11.6 Å². The molecule has 9 rings (SSSR count). The molecule has 818 valence electrons. The number of piperidine rings is 2. The molecule has 8 N–H and O–H groups in total. The Kier molecular flexibility index (Phi) is 51.5. The van der Waals surface area contributed by atoms with E-state index in [-0.39, 0.29) is 152 Å². The topological polar surface area (TPSA) is 417 Å². The lowest BCUT2D eigenvalue weighted by molar-refractivity contribution is -0.302. The summed E-state index contributed by atoms with van der Waals surface area (Å²) >= 11 is 6.53. The van der Waals surface area contributed by atoms with E-state index in [4.69, 9.17) is 49.5 Å². The number of amides is 2. The number of allylic oxidation sites excluding steroid dienone is 9. The van der Waals surface area contributed by atoms with Crippen LogP contribution in [-0.2, 0) is 90.6 Å². The van der Waals surface area contributed by atoms with E-state index >= 15 is 0 Å². The number of ketones is 7. The summed E-state index contributed by atoms with van der Waals surface area (Å²) < 4.78 is 48.5. The van der Waals surface area contributed by atoms with Crippen molar-refractivity contribution in [3.05, 3.63) is 71.4 Å². The van der Waals surface area contributed by atoms with Crippen LogP contribution in [0.3, 0.4) is 0 Å². The molecule has 33 atom stereocenters. The summed E-state index contributed by atoms with van der Waals surface area (Å²) in [6.45, 7) is 39.8. The van der Waals surface area contributed by atoms with Crippen LogP contribution in [0.5, 0.6) is 0 Å². The highest BCUT2D eigenvalue weighted by atomic mass is 35.5. The standard InChI is InChI=1S/C44H69NO11.C43H68ClNO10.C26H47N3O4/c1-10-13-32-19-25(2)18-26(3)20-37(53-8)40-38(54-9)23-29(6)44(52,56-40)41(49)42(50)45-17-12-11-14-33(45)43(51)55-39(30(7)35(47)24-36(32)48)28(5)22-31-15-16-34(46)27(4)21-31;1-10-31-18-24(2)17-25(3)19-36(52-8)39-37(53-9)22-28(6)43(51,55-39)40(48)41(49)45-16-12-11-13-33(45)42(50)54-38(29(7)34(46)23-35(31)47)27(5)21-30-14-15-32(44)26(4)20-30;1-7-8-12-19(4)26(33)25-22(31)14-11-15-27-24(18(2)3)23(32)17-28-20(5)21(30)13-9-10-16-29(25)6/h10,19,22,26-27,29-35,37-40,46-47,52H,1,11-18,20-21,23-24H2,2-9H3;18,21,25-26,28-34,36-39,46,51H,10-17,19-20,22-23H2,1-9H3;7-8,18-20,24-28,33H,9-17H2,1-6H3/b25-19+,28-22+;24-18+,27-21+;8-7+/t26-,27+,29+,30+,31+,32+,33-,34+,35-,37-,38-,39+,40+,44+;25-,26+,28+,29+,30+,31+,32-,33-,34-,36-,37-,38+,39+,43+;19?,20-,24-,25?,26?/m000/s1. The number of nitrogens with zero attached hydrogens (tertiary/aromatic N) is 3. The number of fused-ring (bicyclic) bond motifs is 6. The number of rotatable bonds is 16. The molecule has 0 spiro atoms. The van der Waals surface area contributed by atoms with Gasteiger partial charge in [-0.3, -0.25) is 48.1 Å². The Morgan fingerprint density at radius 2 is 0.993 bits per heavy atom. The number of carbonyl (C=O) groups excluding carboxylic acids is 11. The van der Waals surface area contributed by atoms with Crippen molar-refractivity contribution in [2.45, 2.75) is 425 Å². The number of esters is 2. The van der Waals surface area contributed by atoms with E-state index in [0.29, 0.717) is 127 Å². The predicted octanol–water partition coefficient (Wildman–Crippen LogP) is 14.1. The summed E-state index contributed by atoms with van der Waals surface area (Å²) in [6, 6.07) is -3.47. The van der Waals surface area contributed by atoms with E-state index in [1.54, 1.807) is 48.0 Å². The summed E-state index contributed by atoms with van der Waals surface area (Å²) in [5.74, 6) is -13.9. The maximum absolute atomic E-state index is 14.3. The number of carbonyl (C=O) groups is 11. The van der Waals surface area contributed by atoms with Crippen molar-refractivity contribution in [2.75, 3.05) is 68.2 Å². The van der Waals surface area contributed by atoms with E-state index in [1.807, 2.05) is 125 Å². The van der Waals surface area contributed by atoms with Crippen molar-refractivity contribution in [2.24, 2.45) is 82.9 Å². The molecule has 0 aromatic rings. The van der Waals surface area contributed by atoms with Gasteiger partial charge in [-0.1, -0.05) is 137 Å². The van der Waals surface area contributed by atoms with Crippen LogP contribution in [-0.4, -0.2) is 298 Å². The Bertz CT molecular complexity index is 4340. The zero-order valence-corrected chi connectivity index (χ0v) is 92.0. The minimum atomic E-state index is -2.50. The largest absolute Gasteiger partial charge is 0.456 e. The van der Waals surface area contributed by atoms with E-state index < -0.39 is 168 Å². The first kappa shape index (κ1) is 125. The second-order valence-corrected chi connectivity index (χ2v) is 45.3. The molecule has 5 saturated heterocycles. The van der Waals surface area contributed by atoms with Gasteiger partial charge in [0.05, 0.1) is 73.5 Å². The van der Waals surface area contributed by atoms with Crippen molar-refractivity contribution in [1.29, 1.82) is 0 Å². The first-order valence-electron chi connectivity index (χ1n) is 54.1. The summed E-state index contributed by atoms with van der Waals surface area (Å²) in [6.07, 6.45) is 18.9. The van der Waals surface area contributed by atoms with Gasteiger partial charge in [0, 0.05) is 108 Å². The number of methoxy groups -OCH3 is 4. The molecule has 0 aromatic carbocycles. The van der Waals surface area contributed by atoms with Gasteiger partial charge in [0.1, 0.15) is 53.8 Å². The minimum Gasteiger partial charge on any atom is -0.456 e. The SMILES string of the molecule is C/C=C/CC(C)C(O)C1C(=O)CCCN[C@@H](C(C)C)C(=O)CN[C@@H](C)C(=O)CCCCN1C.C=CC[C@@H]1/C=C(\C)C[C@H](C)C[C@H](OC)[C@H]2O[C@@](O)(C(=O)C(=O)N3CCCC[C@H]3C(=O)O[C@H](/C(C)=C/[C@@H]3CC[C@@H](O)[C@H](C)C3)[C@H](C)[C@@H](O)CC1=O)[C@H](C)C[C@@H]2OC.CC[C@@H]1/C=C(\C)C[C@H](C)C[C@H](OC)[C@H]2O[C@@](O)(C(=O)C(=O)N3CCCC[C@H]3C(=O)O[C@H](/C(C)=C/[C@@H]3CC[C@H](Cl)[C@H](C)C3)[C@H](C)[C@@H](O)CC1=O)[C@H](C)C[C@@H]2OC. The monoisotopic (exact) mass is 2050 g/mol. The highest BCUT2D eigenvalue weighted by Crippen LogP contribution is 2.44. The molecule has 3 unspecified atom stereocenters. The van der Waals surface area contributed by atoms with Crippen molar-refractivity contribution in [1.82, 2.24) is 25.3 Å². The molecule has 7 fully saturated rings. The normalized spacial score (nSPS) is 38.7. The number of hydrogen-bond donors (Lipinski definition) is 8. The number of nitrogens with one attached hydrogen (secondary N) is 2. The maximum Gasteiger partial charge on any atom is 0.329 e. The van der Waals surface area contributed by atoms with Crippen molar-refractivity contribution in [3.63, 3.8) is 0 Å². The maximum atomic E-state index is 14.3. The predicted molar refractivity (Wildman–Crippen MR) is 554 cm³/mol. The second kappa shape index (κ2) is 59.5. The highest BCUT2D eigenvalue weighted by molar-refractivity contribution is 6.39. The number of ether oxygens (including phenoxy) is 8. The van der Waals surface area contributed by atoms with Crippen molar-refractivity contribution in [3.8, 4) is 0 Å². The second-order valence-electron chi connectivity index (χ2n) is 44.7. The molecule has 2 saturated carbocycles. The summed E-state index contributed by atoms with van der Waals surface area (Å²) in [5.41, 5.74) is 3.43. The average molecular weight is 2050 g/mol. The number of aliphatic hydroxyl groups is 6. The molecule has 0 aromatic heterocycles. The van der Waals surface area contributed by atoms with Gasteiger partial charge >= 0.3 is 11.9 Å². The zero-order chi connectivity index (χ0) is 107. The number of Topliss-reactive ketones (excluding diaryl/α,β-unsaturated/α-hetero) is 7. The van der Waals surface area contributed by atoms with E-state index in [0.717, 1.165) is 55.2 Å². The summed E-state index contributed by atoms with van der Waals surface area (Å²) in [7, 11) is 8.03. The molecule has 9 aliphatic rings.